The van der Waals surface area contributed by atoms with Crippen LogP contribution < -0.4 is 10.2 Å². The molecule has 27 heavy (non-hydrogen) atoms. The van der Waals surface area contributed by atoms with Gasteiger partial charge in [-0.15, -0.1) is 0 Å². The lowest BCUT2D eigenvalue weighted by Crippen LogP contribution is -2.01. The molecular weight excluding hydrogens is 352 g/mol. The van der Waals surface area contributed by atoms with Gasteiger partial charge in [0.1, 0.15) is 11.4 Å². The lowest BCUT2D eigenvalue weighted by molar-refractivity contribution is -0.393. The van der Waals surface area contributed by atoms with Gasteiger partial charge in [-0.3, -0.25) is 25.7 Å². The van der Waals surface area contributed by atoms with Gasteiger partial charge in [0.2, 0.25) is 0 Å². The molecular formula is C18H20N4O5. The van der Waals surface area contributed by atoms with Crippen molar-refractivity contribution in [3.05, 3.63) is 68.3 Å². The largest absolute Gasteiger partial charge is 0.493 e. The summed E-state index contributed by atoms with van der Waals surface area (Å²) in [6, 6.07) is 10.6. The summed E-state index contributed by atoms with van der Waals surface area (Å²) in [5.41, 5.74) is 2.55. The molecule has 0 fully saturated rings. The van der Waals surface area contributed by atoms with Crippen LogP contribution in [0.5, 0.6) is 5.75 Å². The number of rotatable bonds is 10. The molecule has 142 valence electrons. The zero-order valence-electron chi connectivity index (χ0n) is 14.8. The summed E-state index contributed by atoms with van der Waals surface area (Å²) in [5.74, 6) is 0.664. The monoisotopic (exact) mass is 372 g/mol. The molecule has 0 radical (unpaired) electrons. The summed E-state index contributed by atoms with van der Waals surface area (Å²) < 4.78 is 5.74. The van der Waals surface area contributed by atoms with Gasteiger partial charge in [-0.05, 0) is 24.6 Å². The van der Waals surface area contributed by atoms with E-state index in [0.717, 1.165) is 25.3 Å². The van der Waals surface area contributed by atoms with E-state index in [2.05, 4.69) is 17.5 Å². The highest BCUT2D eigenvalue weighted by Crippen LogP contribution is 2.29. The third-order valence-corrected chi connectivity index (χ3v) is 3.70. The molecule has 9 heteroatoms. The summed E-state index contributed by atoms with van der Waals surface area (Å²) in [6.07, 6.45) is 4.63. The smallest absolute Gasteiger partial charge is 0.301 e. The van der Waals surface area contributed by atoms with Gasteiger partial charge < -0.3 is 4.74 Å². The van der Waals surface area contributed by atoms with E-state index in [1.165, 1.54) is 18.3 Å². The van der Waals surface area contributed by atoms with Gasteiger partial charge in [0.05, 0.1) is 28.7 Å². The maximum Gasteiger partial charge on any atom is 0.301 e. The molecule has 0 amide bonds. The molecule has 0 heterocycles. The van der Waals surface area contributed by atoms with Gasteiger partial charge in [0, 0.05) is 11.6 Å². The number of ether oxygens (including phenoxy) is 1. The highest BCUT2D eigenvalue weighted by atomic mass is 16.6. The van der Waals surface area contributed by atoms with E-state index in [1.54, 1.807) is 0 Å². The van der Waals surface area contributed by atoms with E-state index in [4.69, 9.17) is 4.74 Å². The second-order valence-corrected chi connectivity index (χ2v) is 5.68. The molecule has 0 bridgehead atoms. The number of anilines is 1. The first-order valence-electron chi connectivity index (χ1n) is 8.46. The summed E-state index contributed by atoms with van der Waals surface area (Å²) in [7, 11) is 0. The number of hydrogen-bond acceptors (Lipinski definition) is 7. The molecule has 0 atom stereocenters. The maximum absolute atomic E-state index is 11.1. The minimum atomic E-state index is -0.699. The Labute approximate surface area is 156 Å². The van der Waals surface area contributed by atoms with Crippen molar-refractivity contribution in [2.24, 2.45) is 5.10 Å². The van der Waals surface area contributed by atoms with Crippen LogP contribution in [-0.4, -0.2) is 22.7 Å². The molecule has 0 saturated heterocycles. The quantitative estimate of drug-likeness (QED) is 0.283. The Morgan fingerprint density at radius 3 is 2.59 bits per heavy atom. The Hall–Kier alpha value is -3.49. The van der Waals surface area contributed by atoms with Gasteiger partial charge in [-0.25, -0.2) is 0 Å². The Balaban J connectivity index is 2.11. The standard InChI is InChI=1S/C18H20N4O5/c1-2-3-6-11-27-18-8-5-4-7-14(18)13-19-20-16-10-9-15(21(23)24)12-17(16)22(25)26/h4-5,7-10,12-13,20H,2-3,6,11H2,1H3. The van der Waals surface area contributed by atoms with Crippen molar-refractivity contribution >= 4 is 23.3 Å². The Morgan fingerprint density at radius 1 is 1.11 bits per heavy atom. The van der Waals surface area contributed by atoms with Gasteiger partial charge in [-0.2, -0.15) is 5.10 Å². The number of non-ortho nitro benzene ring substituents is 1. The number of unbranched alkanes of at least 4 members (excludes halogenated alkanes) is 2. The average Bonchev–Trinajstić information content (AvgIpc) is 2.66. The molecule has 0 spiro atoms. The van der Waals surface area contributed by atoms with Crippen LogP contribution in [0, 0.1) is 20.2 Å². The van der Waals surface area contributed by atoms with E-state index < -0.39 is 15.5 Å². The fourth-order valence-electron chi connectivity index (χ4n) is 2.30. The van der Waals surface area contributed by atoms with Gasteiger partial charge in [0.15, 0.2) is 0 Å². The highest BCUT2D eigenvalue weighted by Gasteiger charge is 2.19. The molecule has 0 aliphatic heterocycles. The molecule has 0 aromatic heterocycles. The van der Waals surface area contributed by atoms with Gasteiger partial charge in [-0.1, -0.05) is 31.9 Å². The highest BCUT2D eigenvalue weighted by molar-refractivity contribution is 5.84. The molecule has 0 aliphatic carbocycles. The predicted molar refractivity (Wildman–Crippen MR) is 102 cm³/mol. The van der Waals surface area contributed by atoms with Crippen molar-refractivity contribution in [2.75, 3.05) is 12.0 Å². The van der Waals surface area contributed by atoms with E-state index in [-0.39, 0.29) is 11.4 Å². The summed E-state index contributed by atoms with van der Waals surface area (Å²) in [5, 5.41) is 25.9. The van der Waals surface area contributed by atoms with Crippen molar-refractivity contribution < 1.29 is 14.6 Å². The van der Waals surface area contributed by atoms with Crippen LogP contribution >= 0.6 is 0 Å². The number of hydrogen-bond donors (Lipinski definition) is 1. The molecule has 2 aromatic carbocycles. The van der Waals surface area contributed by atoms with Crippen molar-refractivity contribution in [3.63, 3.8) is 0 Å². The van der Waals surface area contributed by atoms with Crippen LogP contribution in [0.1, 0.15) is 31.7 Å². The lowest BCUT2D eigenvalue weighted by Gasteiger charge is -2.08. The molecule has 2 rings (SSSR count). The normalized spacial score (nSPS) is 10.7. The van der Waals surface area contributed by atoms with Crippen LogP contribution in [0.3, 0.4) is 0 Å². The Morgan fingerprint density at radius 2 is 1.89 bits per heavy atom. The summed E-state index contributed by atoms with van der Waals surface area (Å²) in [4.78, 5) is 20.5. The number of para-hydroxylation sites is 1. The van der Waals surface area contributed by atoms with Crippen molar-refractivity contribution in [2.45, 2.75) is 26.2 Å². The topological polar surface area (TPSA) is 120 Å². The van der Waals surface area contributed by atoms with Gasteiger partial charge >= 0.3 is 5.69 Å². The third kappa shape index (κ3) is 5.77. The molecule has 2 aromatic rings. The second kappa shape index (κ2) is 9.85. The van der Waals surface area contributed by atoms with Crippen molar-refractivity contribution in [1.82, 2.24) is 0 Å². The SMILES string of the molecule is CCCCCOc1ccccc1C=NNc1ccc([N+](=O)[O-])cc1[N+](=O)[O-]. The van der Waals surface area contributed by atoms with Crippen LogP contribution in [0.25, 0.3) is 0 Å². The molecule has 9 nitrogen and oxygen atoms in total. The maximum atomic E-state index is 11.1. The van der Waals surface area contributed by atoms with E-state index >= 15 is 0 Å². The summed E-state index contributed by atoms with van der Waals surface area (Å²) in [6.45, 7) is 2.71. The Bertz CT molecular complexity index is 838. The molecule has 0 unspecified atom stereocenters. The zero-order chi connectivity index (χ0) is 19.6. The van der Waals surface area contributed by atoms with E-state index in [0.29, 0.717) is 17.9 Å². The van der Waals surface area contributed by atoms with Crippen LogP contribution in [-0.2, 0) is 0 Å². The predicted octanol–water partition coefficient (Wildman–Crippen LogP) is 4.52. The first-order chi connectivity index (χ1) is 13.0. The van der Waals surface area contributed by atoms with E-state index in [9.17, 15) is 20.2 Å². The first kappa shape index (κ1) is 19.8. The van der Waals surface area contributed by atoms with Gasteiger partial charge in [0.25, 0.3) is 5.69 Å². The number of nitrogens with one attached hydrogen (secondary N) is 1. The number of nitro groups is 2. The van der Waals surface area contributed by atoms with Crippen LogP contribution in [0.15, 0.2) is 47.6 Å². The minimum absolute atomic E-state index is 0.0585. The van der Waals surface area contributed by atoms with Crippen LogP contribution in [0.2, 0.25) is 0 Å². The lowest BCUT2D eigenvalue weighted by atomic mass is 10.2. The minimum Gasteiger partial charge on any atom is -0.493 e. The molecule has 0 aliphatic rings. The number of nitro benzene ring substituents is 2. The first-order valence-corrected chi connectivity index (χ1v) is 8.46. The van der Waals surface area contributed by atoms with Crippen molar-refractivity contribution in [1.29, 1.82) is 0 Å². The second-order valence-electron chi connectivity index (χ2n) is 5.68. The third-order valence-electron chi connectivity index (χ3n) is 3.70. The van der Waals surface area contributed by atoms with Crippen LogP contribution in [0.4, 0.5) is 17.1 Å². The van der Waals surface area contributed by atoms with Crippen molar-refractivity contribution in [3.8, 4) is 5.75 Å². The molecule has 1 N–H and O–H groups in total. The summed E-state index contributed by atoms with van der Waals surface area (Å²) >= 11 is 0. The Kier molecular flexibility index (Phi) is 7.24. The number of benzene rings is 2. The van der Waals surface area contributed by atoms with E-state index in [1.807, 2.05) is 24.3 Å². The molecule has 0 saturated carbocycles. The fraction of sp³-hybridized carbons (Fsp3) is 0.278. The fourth-order valence-corrected chi connectivity index (χ4v) is 2.30. The zero-order valence-corrected chi connectivity index (χ0v) is 14.8. The number of hydrazone groups is 1. The number of nitrogens with zero attached hydrogens (tertiary/aromatic N) is 3. The average molecular weight is 372 g/mol.